The van der Waals surface area contributed by atoms with Gasteiger partial charge in [0.2, 0.25) is 0 Å². The lowest BCUT2D eigenvalue weighted by molar-refractivity contribution is -0.103. The first-order valence-corrected chi connectivity index (χ1v) is 4.00. The molecular weight excluding hydrogens is 154 g/mol. The molecule has 0 bridgehead atoms. The Morgan fingerprint density at radius 3 is 2.92 bits per heavy atom. The lowest BCUT2D eigenvalue weighted by Crippen LogP contribution is -2.26. The van der Waals surface area contributed by atoms with Gasteiger partial charge in [0.25, 0.3) is 0 Å². The molecule has 64 valence electrons. The number of phenols is 1. The predicted octanol–water partition coefficient (Wildman–Crippen LogP) is 1.14. The van der Waals surface area contributed by atoms with Crippen LogP contribution in [0.5, 0.6) is 5.75 Å². The fourth-order valence-electron chi connectivity index (χ4n) is 1.53. The van der Waals surface area contributed by atoms with E-state index in [9.17, 15) is 10.3 Å². The van der Waals surface area contributed by atoms with Crippen molar-refractivity contribution in [2.24, 2.45) is 0 Å². The monoisotopic (exact) mass is 165 g/mol. The number of hydrogen-bond acceptors (Lipinski definition) is 3. The number of aromatic hydroxyl groups is 1. The number of nitrogens with zero attached hydrogens (tertiary/aromatic N) is 1. The van der Waals surface area contributed by atoms with E-state index in [-0.39, 0.29) is 5.75 Å². The third kappa shape index (κ3) is 1.29. The molecule has 3 heteroatoms. The topological polar surface area (TPSA) is 43.7 Å². The zero-order valence-electron chi connectivity index (χ0n) is 6.70. The minimum atomic E-state index is 0.268. The Kier molecular flexibility index (Phi) is 1.75. The summed E-state index contributed by atoms with van der Waals surface area (Å²) in [5.74, 6) is 0.268. The van der Waals surface area contributed by atoms with Gasteiger partial charge in [-0.15, -0.1) is 0 Å². The zero-order chi connectivity index (χ0) is 8.55. The Balaban J connectivity index is 2.37. The first-order valence-electron chi connectivity index (χ1n) is 4.00. The Bertz CT molecular complexity index is 299. The molecule has 1 aliphatic rings. The van der Waals surface area contributed by atoms with E-state index in [0.29, 0.717) is 13.1 Å². The summed E-state index contributed by atoms with van der Waals surface area (Å²) in [6, 6.07) is 5.31. The second kappa shape index (κ2) is 2.77. The largest absolute Gasteiger partial charge is 0.508 e. The van der Waals surface area contributed by atoms with Gasteiger partial charge in [-0.3, -0.25) is 0 Å². The SMILES string of the molecule is Oc1ccc2c(c1)CN(O)CC2. The molecule has 0 spiro atoms. The fraction of sp³-hybridized carbons (Fsp3) is 0.333. The molecule has 1 aromatic rings. The van der Waals surface area contributed by atoms with E-state index in [1.54, 1.807) is 12.1 Å². The third-order valence-electron chi connectivity index (χ3n) is 2.18. The van der Waals surface area contributed by atoms with Crippen LogP contribution in [-0.2, 0) is 13.0 Å². The standard InChI is InChI=1S/C9H11NO2/c11-9-2-1-7-3-4-10(12)6-8(7)5-9/h1-2,5,11-12H,3-4,6H2. The van der Waals surface area contributed by atoms with Gasteiger partial charge >= 0.3 is 0 Å². The molecule has 0 unspecified atom stereocenters. The summed E-state index contributed by atoms with van der Waals surface area (Å²) in [5, 5.41) is 19.6. The number of phenolic OH excluding ortho intramolecular Hbond substituents is 1. The van der Waals surface area contributed by atoms with E-state index >= 15 is 0 Å². The number of benzene rings is 1. The van der Waals surface area contributed by atoms with Crippen molar-refractivity contribution in [3.8, 4) is 5.75 Å². The van der Waals surface area contributed by atoms with Crippen molar-refractivity contribution in [3.05, 3.63) is 29.3 Å². The maximum atomic E-state index is 9.20. The van der Waals surface area contributed by atoms with Gasteiger partial charge in [0.05, 0.1) is 0 Å². The van der Waals surface area contributed by atoms with Gasteiger partial charge in [-0.1, -0.05) is 6.07 Å². The molecule has 0 amide bonds. The van der Waals surface area contributed by atoms with Crippen LogP contribution in [0.25, 0.3) is 0 Å². The minimum absolute atomic E-state index is 0.268. The molecule has 1 aromatic carbocycles. The maximum absolute atomic E-state index is 9.20. The predicted molar refractivity (Wildman–Crippen MR) is 44.0 cm³/mol. The molecule has 1 aliphatic heterocycles. The van der Waals surface area contributed by atoms with E-state index in [1.807, 2.05) is 6.07 Å². The average molecular weight is 165 g/mol. The maximum Gasteiger partial charge on any atom is 0.115 e. The molecule has 0 aliphatic carbocycles. The Morgan fingerprint density at radius 2 is 2.08 bits per heavy atom. The van der Waals surface area contributed by atoms with E-state index in [2.05, 4.69) is 0 Å². The molecule has 0 radical (unpaired) electrons. The summed E-state index contributed by atoms with van der Waals surface area (Å²) >= 11 is 0. The minimum Gasteiger partial charge on any atom is -0.508 e. The van der Waals surface area contributed by atoms with Gasteiger partial charge in [0.15, 0.2) is 0 Å². The molecule has 1 heterocycles. The van der Waals surface area contributed by atoms with Gasteiger partial charge in [-0.2, -0.15) is 5.06 Å². The second-order valence-electron chi connectivity index (χ2n) is 3.09. The first kappa shape index (κ1) is 7.58. The van der Waals surface area contributed by atoms with Gasteiger partial charge in [0, 0.05) is 13.1 Å². The third-order valence-corrected chi connectivity index (χ3v) is 2.18. The van der Waals surface area contributed by atoms with E-state index in [1.165, 1.54) is 10.6 Å². The van der Waals surface area contributed by atoms with Crippen molar-refractivity contribution in [1.82, 2.24) is 5.06 Å². The molecule has 3 nitrogen and oxygen atoms in total. The molecule has 0 aromatic heterocycles. The van der Waals surface area contributed by atoms with Crippen LogP contribution in [0.3, 0.4) is 0 Å². The van der Waals surface area contributed by atoms with E-state index in [4.69, 9.17) is 0 Å². The number of hydroxylamine groups is 2. The van der Waals surface area contributed by atoms with Crippen molar-refractivity contribution in [1.29, 1.82) is 0 Å². The summed E-state index contributed by atoms with van der Waals surface area (Å²) in [7, 11) is 0. The molecule has 0 saturated heterocycles. The van der Waals surface area contributed by atoms with Crippen LogP contribution in [0.15, 0.2) is 18.2 Å². The molecule has 0 fully saturated rings. The van der Waals surface area contributed by atoms with Crippen LogP contribution in [-0.4, -0.2) is 21.9 Å². The van der Waals surface area contributed by atoms with Crippen molar-refractivity contribution < 1.29 is 10.3 Å². The lowest BCUT2D eigenvalue weighted by atomic mass is 10.0. The molecule has 0 saturated carbocycles. The number of hydrogen-bond donors (Lipinski definition) is 2. The number of fused-ring (bicyclic) bond motifs is 1. The average Bonchev–Trinajstić information content (AvgIpc) is 2.03. The number of rotatable bonds is 0. The lowest BCUT2D eigenvalue weighted by Gasteiger charge is -2.22. The highest BCUT2D eigenvalue weighted by Gasteiger charge is 2.13. The first-order chi connectivity index (χ1) is 5.75. The molecule has 0 atom stereocenters. The summed E-state index contributed by atoms with van der Waals surface area (Å²) in [4.78, 5) is 0. The Morgan fingerprint density at radius 1 is 1.25 bits per heavy atom. The normalized spacial score (nSPS) is 17.4. The zero-order valence-corrected chi connectivity index (χ0v) is 6.70. The molecule has 2 N–H and O–H groups in total. The smallest absolute Gasteiger partial charge is 0.115 e. The van der Waals surface area contributed by atoms with Crippen LogP contribution in [0.1, 0.15) is 11.1 Å². The highest BCUT2D eigenvalue weighted by Crippen LogP contribution is 2.21. The van der Waals surface area contributed by atoms with Crippen molar-refractivity contribution in [2.45, 2.75) is 13.0 Å². The van der Waals surface area contributed by atoms with Crippen LogP contribution in [0.4, 0.5) is 0 Å². The summed E-state index contributed by atoms with van der Waals surface area (Å²) in [5.41, 5.74) is 2.24. The van der Waals surface area contributed by atoms with Crippen LogP contribution >= 0.6 is 0 Å². The van der Waals surface area contributed by atoms with Gasteiger partial charge < -0.3 is 10.3 Å². The quantitative estimate of drug-likeness (QED) is 0.605. The Labute approximate surface area is 70.8 Å². The van der Waals surface area contributed by atoms with Crippen molar-refractivity contribution >= 4 is 0 Å². The second-order valence-corrected chi connectivity index (χ2v) is 3.09. The molecular formula is C9H11NO2. The summed E-state index contributed by atoms with van der Waals surface area (Å²) in [6.45, 7) is 1.20. The van der Waals surface area contributed by atoms with E-state index < -0.39 is 0 Å². The van der Waals surface area contributed by atoms with Gasteiger partial charge in [-0.05, 0) is 29.7 Å². The van der Waals surface area contributed by atoms with Gasteiger partial charge in [0.1, 0.15) is 5.75 Å². The van der Waals surface area contributed by atoms with Gasteiger partial charge in [-0.25, -0.2) is 0 Å². The Hall–Kier alpha value is -1.06. The highest BCUT2D eigenvalue weighted by molar-refractivity contribution is 5.35. The summed E-state index contributed by atoms with van der Waals surface area (Å²) < 4.78 is 0. The van der Waals surface area contributed by atoms with Crippen LogP contribution < -0.4 is 0 Å². The molecule has 12 heavy (non-hydrogen) atoms. The van der Waals surface area contributed by atoms with E-state index in [0.717, 1.165) is 12.0 Å². The van der Waals surface area contributed by atoms with Crippen LogP contribution in [0, 0.1) is 0 Å². The fourth-order valence-corrected chi connectivity index (χ4v) is 1.53. The molecule has 2 rings (SSSR count). The summed E-state index contributed by atoms with van der Waals surface area (Å²) in [6.07, 6.45) is 0.853. The highest BCUT2D eigenvalue weighted by atomic mass is 16.5. The van der Waals surface area contributed by atoms with Crippen LogP contribution in [0.2, 0.25) is 0 Å². The van der Waals surface area contributed by atoms with Crippen molar-refractivity contribution in [3.63, 3.8) is 0 Å². The van der Waals surface area contributed by atoms with Crippen molar-refractivity contribution in [2.75, 3.05) is 6.54 Å².